The first-order valence-corrected chi connectivity index (χ1v) is 19.1. The lowest BCUT2D eigenvalue weighted by Crippen LogP contribution is -2.47. The van der Waals surface area contributed by atoms with Crippen LogP contribution >= 0.6 is 0 Å². The molecule has 2 saturated heterocycles. The lowest BCUT2D eigenvalue weighted by atomic mass is 9.86. The highest BCUT2D eigenvalue weighted by atomic mass is 19.2. The zero-order valence-electron chi connectivity index (χ0n) is 30.9. The van der Waals surface area contributed by atoms with E-state index in [0.29, 0.717) is 18.0 Å². The fraction of sp³-hybridized carbons (Fsp3) is 0.425. The Morgan fingerprint density at radius 2 is 1.70 bits per heavy atom. The van der Waals surface area contributed by atoms with Gasteiger partial charge in [0.2, 0.25) is 17.6 Å². The molecule has 3 aliphatic rings. The van der Waals surface area contributed by atoms with Crippen molar-refractivity contribution in [2.24, 2.45) is 13.0 Å². The Bertz CT molecular complexity index is 2410. The number of carbonyl (C=O) groups excluding carboxylic acids is 3. The third-order valence-electron chi connectivity index (χ3n) is 11.8. The van der Waals surface area contributed by atoms with Crippen LogP contribution in [0.1, 0.15) is 66.5 Å². The molecule has 2 aliphatic heterocycles. The molecular formula is C40H43F3N8O5. The maximum atomic E-state index is 14.1. The van der Waals surface area contributed by atoms with Crippen molar-refractivity contribution in [1.82, 2.24) is 34.4 Å². The third kappa shape index (κ3) is 7.13. The first-order valence-electron chi connectivity index (χ1n) is 19.1. The van der Waals surface area contributed by atoms with E-state index in [1.807, 2.05) is 22.9 Å². The molecule has 0 bridgehead atoms. The van der Waals surface area contributed by atoms with Gasteiger partial charge in [-0.05, 0) is 86.4 Å². The van der Waals surface area contributed by atoms with Crippen LogP contribution < -0.4 is 21.2 Å². The number of aromatic hydroxyl groups is 1. The standard InChI is InChI=1S/C40H43F3N8O5/c1-47-33-18-23(4-9-31(33)51(40(47)56)32-10-11-34(52)45-39(32)55)12-13-48-14-16-49(17-15-48)27-8-5-25-22-50(46-30(25)19-27)26-6-2-24(3-7-26)21-44-38(54)28-20-29(41)37(53)36(43)35(28)42/h4-5,8-9,18-20,22,24,26,32,53H,2-3,6-7,10-17,21H2,1H3,(H,44,54)(H,45,52,55). The smallest absolute Gasteiger partial charge is 0.329 e. The SMILES string of the molecule is Cn1c(=O)n(C2CCC(=O)NC2=O)c2ccc(CCN3CCN(c4ccc5cn(C6CCC(CNC(=O)c7cc(F)c(O)c(F)c7F)CC6)nc5c4)CC3)cc21. The van der Waals surface area contributed by atoms with Gasteiger partial charge in [-0.25, -0.2) is 13.6 Å². The Labute approximate surface area is 319 Å². The lowest BCUT2D eigenvalue weighted by Gasteiger charge is -2.36. The Morgan fingerprint density at radius 1 is 0.929 bits per heavy atom. The molecular weight excluding hydrogens is 729 g/mol. The second-order valence-electron chi connectivity index (χ2n) is 15.2. The number of benzene rings is 3. The number of anilines is 1. The maximum Gasteiger partial charge on any atom is 0.329 e. The minimum atomic E-state index is -1.78. The van der Waals surface area contributed by atoms with Gasteiger partial charge in [0.1, 0.15) is 6.04 Å². The average Bonchev–Trinajstić information content (AvgIpc) is 3.74. The van der Waals surface area contributed by atoms with E-state index in [4.69, 9.17) is 5.10 Å². The number of phenolic OH excluding ortho intramolecular Hbond substituents is 1. The number of halogens is 3. The summed E-state index contributed by atoms with van der Waals surface area (Å²) in [5.74, 6) is -7.76. The van der Waals surface area contributed by atoms with Gasteiger partial charge in [-0.15, -0.1) is 0 Å². The van der Waals surface area contributed by atoms with Crippen molar-refractivity contribution in [3.8, 4) is 5.75 Å². The van der Waals surface area contributed by atoms with E-state index in [-0.39, 0.29) is 36.5 Å². The largest absolute Gasteiger partial charge is 0.503 e. The summed E-state index contributed by atoms with van der Waals surface area (Å²) in [5.41, 5.74) is 3.55. The zero-order valence-corrected chi connectivity index (χ0v) is 30.9. The molecule has 5 aromatic rings. The van der Waals surface area contributed by atoms with Crippen molar-refractivity contribution in [2.45, 2.75) is 57.0 Å². The molecule has 0 spiro atoms. The molecule has 13 nitrogen and oxygen atoms in total. The molecule has 1 atom stereocenters. The first-order chi connectivity index (χ1) is 26.9. The second kappa shape index (κ2) is 15.1. The number of aromatic nitrogens is 4. The Morgan fingerprint density at radius 3 is 2.45 bits per heavy atom. The van der Waals surface area contributed by atoms with Gasteiger partial charge in [0.05, 0.1) is 28.2 Å². The van der Waals surface area contributed by atoms with Crippen LogP contribution in [0.15, 0.2) is 53.5 Å². The molecule has 3 amide bonds. The number of hydrogen-bond acceptors (Lipinski definition) is 8. The van der Waals surface area contributed by atoms with Crippen LogP contribution in [0.25, 0.3) is 21.9 Å². The third-order valence-corrected chi connectivity index (χ3v) is 11.8. The molecule has 2 aromatic heterocycles. The fourth-order valence-corrected chi connectivity index (χ4v) is 8.41. The number of rotatable bonds is 9. The Kier molecular flexibility index (Phi) is 10.1. The molecule has 3 fully saturated rings. The van der Waals surface area contributed by atoms with Gasteiger partial charge in [0.25, 0.3) is 5.91 Å². The minimum absolute atomic E-state index is 0.124. The van der Waals surface area contributed by atoms with Gasteiger partial charge in [0.15, 0.2) is 17.4 Å². The van der Waals surface area contributed by atoms with Crippen LogP contribution in [0, 0.1) is 23.4 Å². The summed E-state index contributed by atoms with van der Waals surface area (Å²) in [6.07, 6.45) is 6.65. The fourth-order valence-electron chi connectivity index (χ4n) is 8.41. The minimum Gasteiger partial charge on any atom is -0.503 e. The normalized spacial score (nSPS) is 20.9. The number of amides is 3. The van der Waals surface area contributed by atoms with Crippen molar-refractivity contribution in [1.29, 1.82) is 0 Å². The van der Waals surface area contributed by atoms with Gasteiger partial charge in [-0.1, -0.05) is 6.07 Å². The van der Waals surface area contributed by atoms with Crippen LogP contribution in [-0.4, -0.2) is 85.9 Å². The highest BCUT2D eigenvalue weighted by Gasteiger charge is 2.32. The van der Waals surface area contributed by atoms with Gasteiger partial charge in [-0.2, -0.15) is 9.49 Å². The van der Waals surface area contributed by atoms with Crippen LogP contribution in [-0.2, 0) is 23.1 Å². The van der Waals surface area contributed by atoms with E-state index in [1.54, 1.807) is 11.6 Å². The van der Waals surface area contributed by atoms with Gasteiger partial charge in [0, 0.05) is 70.0 Å². The number of nitrogens with zero attached hydrogens (tertiary/aromatic N) is 6. The van der Waals surface area contributed by atoms with Crippen LogP contribution in [0.2, 0.25) is 0 Å². The number of piperazine rings is 1. The van der Waals surface area contributed by atoms with Crippen LogP contribution in [0.4, 0.5) is 18.9 Å². The number of hydrogen-bond donors (Lipinski definition) is 3. The molecule has 1 unspecified atom stereocenters. The van der Waals surface area contributed by atoms with E-state index in [2.05, 4.69) is 44.8 Å². The summed E-state index contributed by atoms with van der Waals surface area (Å²) in [4.78, 5) is 54.6. The molecule has 1 saturated carbocycles. The predicted octanol–water partition coefficient (Wildman–Crippen LogP) is 4.32. The first kappa shape index (κ1) is 37.3. The van der Waals surface area contributed by atoms with E-state index >= 15 is 0 Å². The van der Waals surface area contributed by atoms with E-state index in [1.165, 1.54) is 4.57 Å². The highest BCUT2D eigenvalue weighted by Crippen LogP contribution is 2.34. The van der Waals surface area contributed by atoms with Crippen molar-refractivity contribution >= 4 is 45.3 Å². The van der Waals surface area contributed by atoms with E-state index in [0.717, 1.165) is 92.5 Å². The van der Waals surface area contributed by atoms with Crippen LogP contribution in [0.3, 0.4) is 0 Å². The van der Waals surface area contributed by atoms with E-state index < -0.39 is 46.6 Å². The Hall–Kier alpha value is -5.64. The molecule has 4 heterocycles. The number of nitrogens with one attached hydrogen (secondary N) is 2. The molecule has 0 radical (unpaired) electrons. The Balaban J connectivity index is 0.822. The number of carbonyl (C=O) groups is 3. The monoisotopic (exact) mass is 772 g/mol. The van der Waals surface area contributed by atoms with Crippen molar-refractivity contribution in [3.63, 3.8) is 0 Å². The molecule has 8 rings (SSSR count). The molecule has 3 aromatic carbocycles. The summed E-state index contributed by atoms with van der Waals surface area (Å²) < 4.78 is 46.6. The van der Waals surface area contributed by atoms with Crippen molar-refractivity contribution in [2.75, 3.05) is 44.2 Å². The lowest BCUT2D eigenvalue weighted by molar-refractivity contribution is -0.135. The maximum absolute atomic E-state index is 14.1. The quantitative estimate of drug-likeness (QED) is 0.149. The van der Waals surface area contributed by atoms with Crippen molar-refractivity contribution < 1.29 is 32.7 Å². The van der Waals surface area contributed by atoms with Crippen molar-refractivity contribution in [3.05, 3.63) is 87.7 Å². The van der Waals surface area contributed by atoms with Gasteiger partial charge < -0.3 is 15.3 Å². The summed E-state index contributed by atoms with van der Waals surface area (Å²) in [6, 6.07) is 12.3. The number of aryl methyl sites for hydroxylation is 1. The second-order valence-corrected chi connectivity index (χ2v) is 15.2. The number of fused-ring (bicyclic) bond motifs is 2. The summed E-state index contributed by atoms with van der Waals surface area (Å²) in [5, 5.41) is 20.2. The summed E-state index contributed by atoms with van der Waals surface area (Å²) in [7, 11) is 1.71. The molecule has 56 heavy (non-hydrogen) atoms. The van der Waals surface area contributed by atoms with Crippen LogP contribution in [0.5, 0.6) is 5.75 Å². The molecule has 294 valence electrons. The average molecular weight is 773 g/mol. The van der Waals surface area contributed by atoms with Gasteiger partial charge >= 0.3 is 5.69 Å². The van der Waals surface area contributed by atoms with E-state index in [9.17, 15) is 37.5 Å². The molecule has 3 N–H and O–H groups in total. The zero-order chi connectivity index (χ0) is 39.2. The number of piperidine rings is 1. The number of imidazole rings is 1. The summed E-state index contributed by atoms with van der Waals surface area (Å²) in [6.45, 7) is 4.67. The molecule has 1 aliphatic carbocycles. The molecule has 16 heteroatoms. The number of phenols is 1. The number of imide groups is 1. The predicted molar refractivity (Wildman–Crippen MR) is 202 cm³/mol. The summed E-state index contributed by atoms with van der Waals surface area (Å²) >= 11 is 0. The topological polar surface area (TPSA) is 147 Å². The highest BCUT2D eigenvalue weighted by molar-refractivity contribution is 6.00. The van der Waals surface area contributed by atoms with Gasteiger partial charge in [-0.3, -0.25) is 38.4 Å².